The van der Waals surface area contributed by atoms with E-state index in [9.17, 15) is 13.5 Å². The minimum absolute atomic E-state index is 0.0135. The summed E-state index contributed by atoms with van der Waals surface area (Å²) < 4.78 is 36.0. The molecule has 0 aliphatic carbocycles. The summed E-state index contributed by atoms with van der Waals surface area (Å²) in [6, 6.07) is 19.3. The van der Waals surface area contributed by atoms with Gasteiger partial charge in [-0.25, -0.2) is 8.42 Å². The molecule has 1 aliphatic rings. The first-order valence-corrected chi connectivity index (χ1v) is 11.0. The lowest BCUT2D eigenvalue weighted by Crippen LogP contribution is -2.50. The van der Waals surface area contributed by atoms with Crippen LogP contribution in [0.3, 0.4) is 0 Å². The van der Waals surface area contributed by atoms with Gasteiger partial charge >= 0.3 is 0 Å². The summed E-state index contributed by atoms with van der Waals surface area (Å²) in [5, 5.41) is 8.69. The minimum Gasteiger partial charge on any atom is -0.473 e. The molecular weight excluding hydrogens is 374 g/mol. The average molecular weight is 402 g/mol. The highest BCUT2D eigenvalue weighted by Gasteiger charge is 2.46. The standard InChI is InChI=1S/C22H27NO4S/c1-22(2)20(15-17-9-5-3-6-10-17)28(25,26)23-21(27-22)16-19(13-14-24)18-11-7-4-8-12-18/h3-12,19-20,24H,13-16H2,1-2H3/t19-,20?/m1/s1. The molecule has 0 saturated carbocycles. The topological polar surface area (TPSA) is 76.0 Å². The van der Waals surface area contributed by atoms with E-state index in [4.69, 9.17) is 4.74 Å². The Kier molecular flexibility index (Phi) is 6.20. The highest BCUT2D eigenvalue weighted by molar-refractivity contribution is 7.91. The van der Waals surface area contributed by atoms with Crippen molar-refractivity contribution in [1.29, 1.82) is 0 Å². The Labute approximate surface area is 167 Å². The molecule has 0 aromatic heterocycles. The Balaban J connectivity index is 1.85. The number of aliphatic hydroxyl groups is 1. The Morgan fingerprint density at radius 3 is 2.25 bits per heavy atom. The molecule has 0 saturated heterocycles. The highest BCUT2D eigenvalue weighted by Crippen LogP contribution is 2.34. The first-order valence-electron chi connectivity index (χ1n) is 9.53. The Morgan fingerprint density at radius 2 is 1.68 bits per heavy atom. The number of rotatable bonds is 7. The van der Waals surface area contributed by atoms with Gasteiger partial charge in [-0.3, -0.25) is 0 Å². The van der Waals surface area contributed by atoms with Gasteiger partial charge in [0.2, 0.25) is 5.90 Å². The fraction of sp³-hybridized carbons (Fsp3) is 0.409. The van der Waals surface area contributed by atoms with Crippen LogP contribution in [0.2, 0.25) is 0 Å². The third kappa shape index (κ3) is 4.80. The molecule has 6 heteroatoms. The number of hydrogen-bond acceptors (Lipinski definition) is 4. The Bertz CT molecular complexity index is 908. The van der Waals surface area contributed by atoms with Gasteiger partial charge < -0.3 is 9.84 Å². The summed E-state index contributed by atoms with van der Waals surface area (Å²) >= 11 is 0. The second kappa shape index (κ2) is 8.45. The van der Waals surface area contributed by atoms with Crippen LogP contribution >= 0.6 is 0 Å². The van der Waals surface area contributed by atoms with Crippen LogP contribution in [0.25, 0.3) is 0 Å². The van der Waals surface area contributed by atoms with E-state index in [0.29, 0.717) is 19.3 Å². The van der Waals surface area contributed by atoms with E-state index >= 15 is 0 Å². The fourth-order valence-electron chi connectivity index (χ4n) is 3.69. The van der Waals surface area contributed by atoms with E-state index in [1.807, 2.05) is 60.7 Å². The zero-order chi connectivity index (χ0) is 20.2. The van der Waals surface area contributed by atoms with Crippen molar-refractivity contribution in [2.75, 3.05) is 6.61 Å². The fourth-order valence-corrected chi connectivity index (χ4v) is 5.38. The maximum absolute atomic E-state index is 13.0. The van der Waals surface area contributed by atoms with Crippen molar-refractivity contribution in [3.8, 4) is 0 Å². The summed E-state index contributed by atoms with van der Waals surface area (Å²) in [7, 11) is -3.72. The molecule has 1 N–H and O–H groups in total. The van der Waals surface area contributed by atoms with Crippen LogP contribution < -0.4 is 0 Å². The first-order chi connectivity index (χ1) is 13.3. The lowest BCUT2D eigenvalue weighted by Gasteiger charge is -2.37. The van der Waals surface area contributed by atoms with Crippen LogP contribution in [0.1, 0.15) is 43.7 Å². The SMILES string of the molecule is CC1(C)OC(C[C@@H](CCO)c2ccccc2)=NS(=O)(=O)C1Cc1ccccc1. The molecule has 28 heavy (non-hydrogen) atoms. The van der Waals surface area contributed by atoms with Gasteiger partial charge in [0.15, 0.2) is 0 Å². The highest BCUT2D eigenvalue weighted by atomic mass is 32.2. The van der Waals surface area contributed by atoms with Gasteiger partial charge in [-0.05, 0) is 43.7 Å². The summed E-state index contributed by atoms with van der Waals surface area (Å²) in [6.45, 7) is 3.62. The number of sulfonamides is 1. The molecule has 2 atom stereocenters. The summed E-state index contributed by atoms with van der Waals surface area (Å²) in [5.74, 6) is 0.165. The molecule has 0 amide bonds. The molecule has 3 rings (SSSR count). The number of ether oxygens (including phenoxy) is 1. The van der Waals surface area contributed by atoms with Crippen molar-refractivity contribution in [3.05, 3.63) is 71.8 Å². The molecule has 2 aromatic carbocycles. The van der Waals surface area contributed by atoms with Gasteiger partial charge in [0.1, 0.15) is 10.9 Å². The van der Waals surface area contributed by atoms with Crippen LogP contribution in [0.5, 0.6) is 0 Å². The third-order valence-corrected chi connectivity index (χ3v) is 7.09. The maximum Gasteiger partial charge on any atom is 0.263 e. The van der Waals surface area contributed by atoms with Crippen LogP contribution in [-0.2, 0) is 21.2 Å². The summed E-state index contributed by atoms with van der Waals surface area (Å²) in [6.07, 6.45) is 1.21. The van der Waals surface area contributed by atoms with E-state index in [2.05, 4.69) is 4.40 Å². The molecular formula is C22H27NO4S. The monoisotopic (exact) mass is 401 g/mol. The van der Waals surface area contributed by atoms with E-state index in [1.165, 1.54) is 0 Å². The molecule has 2 aromatic rings. The maximum atomic E-state index is 13.0. The second-order valence-corrected chi connectivity index (χ2v) is 9.49. The van der Waals surface area contributed by atoms with Crippen LogP contribution in [0.15, 0.2) is 65.1 Å². The first kappa shape index (κ1) is 20.6. The quantitative estimate of drug-likeness (QED) is 0.768. The van der Waals surface area contributed by atoms with Crippen molar-refractivity contribution in [1.82, 2.24) is 0 Å². The molecule has 150 valence electrons. The van der Waals surface area contributed by atoms with Crippen LogP contribution in [0.4, 0.5) is 0 Å². The average Bonchev–Trinajstić information content (AvgIpc) is 2.65. The van der Waals surface area contributed by atoms with Crippen molar-refractivity contribution >= 4 is 15.9 Å². The van der Waals surface area contributed by atoms with Gasteiger partial charge in [-0.1, -0.05) is 60.7 Å². The minimum atomic E-state index is -3.72. The summed E-state index contributed by atoms with van der Waals surface area (Å²) in [4.78, 5) is 0. The van der Waals surface area contributed by atoms with Gasteiger partial charge in [0.25, 0.3) is 10.0 Å². The summed E-state index contributed by atoms with van der Waals surface area (Å²) in [5.41, 5.74) is 1.07. The zero-order valence-corrected chi connectivity index (χ0v) is 17.1. The van der Waals surface area contributed by atoms with E-state index in [1.54, 1.807) is 13.8 Å². The van der Waals surface area contributed by atoms with E-state index in [-0.39, 0.29) is 18.4 Å². The molecule has 0 fully saturated rings. The van der Waals surface area contributed by atoms with Crippen molar-refractivity contribution in [2.45, 2.75) is 49.9 Å². The van der Waals surface area contributed by atoms with Gasteiger partial charge in [0.05, 0.1) is 0 Å². The predicted molar refractivity (Wildman–Crippen MR) is 111 cm³/mol. The van der Waals surface area contributed by atoms with Crippen LogP contribution in [-0.4, -0.2) is 36.9 Å². The lowest BCUT2D eigenvalue weighted by molar-refractivity contribution is 0.0798. The normalized spacial score (nSPS) is 21.4. The van der Waals surface area contributed by atoms with Crippen LogP contribution in [0, 0.1) is 0 Å². The smallest absolute Gasteiger partial charge is 0.263 e. The number of benzene rings is 2. The molecule has 5 nitrogen and oxygen atoms in total. The molecule has 1 aliphatic heterocycles. The lowest BCUT2D eigenvalue weighted by atomic mass is 9.92. The number of hydrogen-bond donors (Lipinski definition) is 1. The molecule has 0 bridgehead atoms. The zero-order valence-electron chi connectivity index (χ0n) is 16.3. The van der Waals surface area contributed by atoms with Crippen molar-refractivity contribution < 1.29 is 18.3 Å². The van der Waals surface area contributed by atoms with Gasteiger partial charge in [-0.15, -0.1) is 4.40 Å². The van der Waals surface area contributed by atoms with E-state index in [0.717, 1.165) is 11.1 Å². The van der Waals surface area contributed by atoms with E-state index < -0.39 is 20.9 Å². The van der Waals surface area contributed by atoms with Crippen molar-refractivity contribution in [2.24, 2.45) is 4.40 Å². The third-order valence-electron chi connectivity index (χ3n) is 5.18. The number of aliphatic hydroxyl groups excluding tert-OH is 1. The molecule has 0 radical (unpaired) electrons. The Hall–Kier alpha value is -2.18. The number of nitrogens with zero attached hydrogens (tertiary/aromatic N) is 1. The molecule has 1 unspecified atom stereocenters. The predicted octanol–water partition coefficient (Wildman–Crippen LogP) is 3.69. The molecule has 0 spiro atoms. The second-order valence-electron chi connectivity index (χ2n) is 7.71. The van der Waals surface area contributed by atoms with Gasteiger partial charge in [-0.2, -0.15) is 0 Å². The van der Waals surface area contributed by atoms with Crippen molar-refractivity contribution in [3.63, 3.8) is 0 Å². The van der Waals surface area contributed by atoms with Gasteiger partial charge in [0, 0.05) is 13.0 Å². The Morgan fingerprint density at radius 1 is 1.07 bits per heavy atom. The molecule has 1 heterocycles. The largest absolute Gasteiger partial charge is 0.473 e.